The van der Waals surface area contributed by atoms with Gasteiger partial charge in [0, 0.05) is 63.1 Å². The number of thiophene rings is 1. The molecule has 0 aromatic carbocycles. The van der Waals surface area contributed by atoms with Gasteiger partial charge in [-0.3, -0.25) is 9.69 Å². The number of carbonyl (C=O) groups is 1. The Morgan fingerprint density at radius 3 is 2.47 bits per heavy atom. The smallest absolute Gasteiger partial charge is 0.316 e. The van der Waals surface area contributed by atoms with Crippen LogP contribution in [0.5, 0.6) is 6.01 Å². The maximum Gasteiger partial charge on any atom is 0.316 e. The van der Waals surface area contributed by atoms with Crippen molar-refractivity contribution in [3.05, 3.63) is 22.8 Å². The van der Waals surface area contributed by atoms with Crippen LogP contribution in [0.1, 0.15) is 17.4 Å². The van der Waals surface area contributed by atoms with Crippen LogP contribution in [-0.2, 0) is 16.1 Å². The second kappa shape index (κ2) is 10.6. The van der Waals surface area contributed by atoms with Gasteiger partial charge in [0.25, 0.3) is 5.91 Å². The lowest BCUT2D eigenvalue weighted by Gasteiger charge is -2.35. The van der Waals surface area contributed by atoms with Crippen LogP contribution in [0.3, 0.4) is 0 Å². The number of aliphatic hydroxyl groups excluding tert-OH is 1. The summed E-state index contributed by atoms with van der Waals surface area (Å²) in [4.78, 5) is 38.1. The standard InChI is InChI=1S/C24H31N7O4S/c1-15-18(14-29-4-6-31(7-5-29)23(33)16(2)32)36-20-19(15)27-21(17-12-25-24(34-3)26-13-17)28-22(20)30-8-10-35-11-9-30/h12-13,16,32H,4-11,14H2,1-3H3. The van der Waals surface area contributed by atoms with Crippen LogP contribution in [-0.4, -0.2) is 106 Å². The van der Waals surface area contributed by atoms with Crippen molar-refractivity contribution in [2.24, 2.45) is 0 Å². The topological polar surface area (TPSA) is 117 Å². The number of carbonyl (C=O) groups excluding carboxylic acids is 1. The van der Waals surface area contributed by atoms with Crippen LogP contribution in [0.2, 0.25) is 0 Å². The number of amides is 1. The molecule has 5 heterocycles. The minimum Gasteiger partial charge on any atom is -0.467 e. The third-order valence-corrected chi connectivity index (χ3v) is 7.90. The minimum atomic E-state index is -0.955. The maximum atomic E-state index is 12.1. The highest BCUT2D eigenvalue weighted by molar-refractivity contribution is 7.19. The van der Waals surface area contributed by atoms with Gasteiger partial charge in [-0.25, -0.2) is 19.9 Å². The first-order valence-electron chi connectivity index (χ1n) is 12.1. The zero-order valence-electron chi connectivity index (χ0n) is 20.8. The number of piperazine rings is 1. The third kappa shape index (κ3) is 4.99. The molecule has 1 atom stereocenters. The van der Waals surface area contributed by atoms with E-state index in [0.717, 1.165) is 59.9 Å². The number of rotatable bonds is 6. The fraction of sp³-hybridized carbons (Fsp3) is 0.542. The van der Waals surface area contributed by atoms with Crippen LogP contribution in [0.15, 0.2) is 12.4 Å². The molecule has 0 bridgehead atoms. The molecule has 12 heteroatoms. The lowest BCUT2D eigenvalue weighted by molar-refractivity contribution is -0.141. The monoisotopic (exact) mass is 513 g/mol. The number of hydrogen-bond acceptors (Lipinski definition) is 11. The number of morpholine rings is 1. The van der Waals surface area contributed by atoms with Crippen LogP contribution < -0.4 is 9.64 Å². The summed E-state index contributed by atoms with van der Waals surface area (Å²) in [5.74, 6) is 1.30. The highest BCUT2D eigenvalue weighted by Crippen LogP contribution is 2.38. The molecular weight excluding hydrogens is 482 g/mol. The van der Waals surface area contributed by atoms with Crippen molar-refractivity contribution in [2.75, 3.05) is 64.5 Å². The number of nitrogens with zero attached hydrogens (tertiary/aromatic N) is 7. The first-order chi connectivity index (χ1) is 17.4. The molecule has 11 nitrogen and oxygen atoms in total. The van der Waals surface area contributed by atoms with Gasteiger partial charge >= 0.3 is 6.01 Å². The highest BCUT2D eigenvalue weighted by Gasteiger charge is 2.26. The summed E-state index contributed by atoms with van der Waals surface area (Å²) in [5, 5.41) is 9.61. The number of anilines is 1. The Kier molecular flexibility index (Phi) is 7.28. The zero-order valence-corrected chi connectivity index (χ0v) is 21.6. The summed E-state index contributed by atoms with van der Waals surface area (Å²) in [7, 11) is 1.54. The maximum absolute atomic E-state index is 12.1. The van der Waals surface area contributed by atoms with Crippen molar-refractivity contribution in [3.8, 4) is 17.4 Å². The summed E-state index contributed by atoms with van der Waals surface area (Å²) >= 11 is 1.74. The van der Waals surface area contributed by atoms with E-state index >= 15 is 0 Å². The van der Waals surface area contributed by atoms with Gasteiger partial charge in [0.2, 0.25) is 0 Å². The van der Waals surface area contributed by atoms with Gasteiger partial charge in [0.05, 0.1) is 36.1 Å². The first-order valence-corrected chi connectivity index (χ1v) is 12.9. The number of aromatic nitrogens is 4. The second-order valence-corrected chi connectivity index (χ2v) is 10.1. The summed E-state index contributed by atoms with van der Waals surface area (Å²) in [6.07, 6.45) is 2.42. The fourth-order valence-electron chi connectivity index (χ4n) is 4.52. The quantitative estimate of drug-likeness (QED) is 0.517. The third-order valence-electron chi connectivity index (χ3n) is 6.63. The number of aliphatic hydroxyl groups is 1. The molecule has 0 saturated carbocycles. The van der Waals surface area contributed by atoms with E-state index in [9.17, 15) is 9.90 Å². The van der Waals surface area contributed by atoms with Crippen molar-refractivity contribution in [2.45, 2.75) is 26.5 Å². The van der Waals surface area contributed by atoms with Crippen molar-refractivity contribution in [1.29, 1.82) is 0 Å². The van der Waals surface area contributed by atoms with E-state index in [2.05, 4.69) is 26.7 Å². The summed E-state index contributed by atoms with van der Waals surface area (Å²) in [5.41, 5.74) is 2.82. The van der Waals surface area contributed by atoms with Crippen molar-refractivity contribution in [1.82, 2.24) is 29.7 Å². The van der Waals surface area contributed by atoms with Gasteiger partial charge in [-0.15, -0.1) is 11.3 Å². The lowest BCUT2D eigenvalue weighted by Crippen LogP contribution is -2.50. The van der Waals surface area contributed by atoms with Gasteiger partial charge in [-0.2, -0.15) is 0 Å². The number of methoxy groups -OCH3 is 1. The molecule has 2 fully saturated rings. The van der Waals surface area contributed by atoms with Gasteiger partial charge in [0.1, 0.15) is 6.10 Å². The van der Waals surface area contributed by atoms with Crippen molar-refractivity contribution in [3.63, 3.8) is 0 Å². The molecule has 5 rings (SSSR count). The molecule has 36 heavy (non-hydrogen) atoms. The summed E-state index contributed by atoms with van der Waals surface area (Å²) < 4.78 is 11.7. The number of aryl methyl sites for hydroxylation is 1. The molecule has 2 aliphatic rings. The Balaban J connectivity index is 1.45. The molecule has 3 aromatic heterocycles. The molecule has 1 amide bonds. The SMILES string of the molecule is COc1ncc(-c2nc(N3CCOCC3)c3sc(CN4CCN(C(=O)C(C)O)CC4)c(C)c3n2)cn1. The Bertz CT molecular complexity index is 1220. The second-order valence-electron chi connectivity index (χ2n) is 9.03. The Hall–Kier alpha value is -2.93. The molecule has 0 spiro atoms. The Labute approximate surface area is 213 Å². The summed E-state index contributed by atoms with van der Waals surface area (Å²) in [6, 6.07) is 0.303. The molecule has 1 N–H and O–H groups in total. The largest absolute Gasteiger partial charge is 0.467 e. The number of fused-ring (bicyclic) bond motifs is 1. The lowest BCUT2D eigenvalue weighted by atomic mass is 10.2. The molecule has 1 unspecified atom stereocenters. The average molecular weight is 514 g/mol. The van der Waals surface area contributed by atoms with Gasteiger partial charge in [-0.1, -0.05) is 0 Å². The Morgan fingerprint density at radius 1 is 1.14 bits per heavy atom. The van der Waals surface area contributed by atoms with Crippen LogP contribution in [0.4, 0.5) is 5.82 Å². The molecular formula is C24H31N7O4S. The van der Waals surface area contributed by atoms with E-state index in [1.165, 1.54) is 18.9 Å². The van der Waals surface area contributed by atoms with E-state index in [-0.39, 0.29) is 5.91 Å². The van der Waals surface area contributed by atoms with E-state index in [0.29, 0.717) is 38.1 Å². The average Bonchev–Trinajstić information content (AvgIpc) is 3.23. The molecule has 3 aromatic rings. The van der Waals surface area contributed by atoms with E-state index in [4.69, 9.17) is 19.4 Å². The molecule has 2 saturated heterocycles. The van der Waals surface area contributed by atoms with Crippen molar-refractivity contribution >= 4 is 33.3 Å². The molecule has 192 valence electrons. The van der Waals surface area contributed by atoms with E-state index in [1.807, 2.05) is 0 Å². The highest BCUT2D eigenvalue weighted by atomic mass is 32.1. The predicted octanol–water partition coefficient (Wildman–Crippen LogP) is 1.33. The molecule has 0 aliphatic carbocycles. The fourth-order valence-corrected chi connectivity index (χ4v) is 5.82. The molecule has 2 aliphatic heterocycles. The number of ether oxygens (including phenoxy) is 2. The van der Waals surface area contributed by atoms with Crippen LogP contribution in [0, 0.1) is 6.92 Å². The Morgan fingerprint density at radius 2 is 1.83 bits per heavy atom. The van der Waals surface area contributed by atoms with Crippen LogP contribution in [0.25, 0.3) is 21.6 Å². The predicted molar refractivity (Wildman–Crippen MR) is 136 cm³/mol. The zero-order chi connectivity index (χ0) is 25.2. The van der Waals surface area contributed by atoms with Gasteiger partial charge in [0.15, 0.2) is 11.6 Å². The summed E-state index contributed by atoms with van der Waals surface area (Å²) in [6.45, 7) is 10.1. The van der Waals surface area contributed by atoms with Gasteiger partial charge < -0.3 is 24.4 Å². The van der Waals surface area contributed by atoms with E-state index < -0.39 is 6.10 Å². The first kappa shape index (κ1) is 24.8. The minimum absolute atomic E-state index is 0.201. The molecule has 0 radical (unpaired) electrons. The van der Waals surface area contributed by atoms with Crippen molar-refractivity contribution < 1.29 is 19.4 Å². The van der Waals surface area contributed by atoms with Gasteiger partial charge in [-0.05, 0) is 19.4 Å². The van der Waals surface area contributed by atoms with E-state index in [1.54, 1.807) is 28.6 Å². The normalized spacial score (nSPS) is 18.0. The number of hydrogen-bond donors (Lipinski definition) is 1. The van der Waals surface area contributed by atoms with Crippen LogP contribution >= 0.6 is 11.3 Å².